The number of anilines is 1. The van der Waals surface area contributed by atoms with Crippen LogP contribution in [0.25, 0.3) is 11.1 Å². The Hall–Kier alpha value is -3.47. The van der Waals surface area contributed by atoms with Gasteiger partial charge in [0.05, 0.1) is 26.8 Å². The molecule has 1 aromatic heterocycles. The first kappa shape index (κ1) is 24.2. The van der Waals surface area contributed by atoms with Crippen LogP contribution in [0.1, 0.15) is 19.4 Å². The fraction of sp³-hybridized carbons (Fsp3) is 0.250. The minimum absolute atomic E-state index is 0.0358. The molecule has 0 spiro atoms. The van der Waals surface area contributed by atoms with E-state index in [1.54, 1.807) is 13.8 Å². The summed E-state index contributed by atoms with van der Waals surface area (Å²) in [5.41, 5.74) is 0.573. The number of nitriles is 1. The van der Waals surface area contributed by atoms with Crippen molar-refractivity contribution >= 4 is 50.2 Å². The van der Waals surface area contributed by atoms with Crippen LogP contribution in [0, 0.1) is 21.4 Å². The van der Waals surface area contributed by atoms with Crippen molar-refractivity contribution in [3.05, 3.63) is 52.1 Å². The summed E-state index contributed by atoms with van der Waals surface area (Å²) in [5, 5.41) is 22.7. The minimum atomic E-state index is -3.65. The van der Waals surface area contributed by atoms with Crippen LogP contribution in [0.4, 0.5) is 11.4 Å². The number of aromatic nitrogens is 1. The van der Waals surface area contributed by atoms with E-state index in [1.807, 2.05) is 6.07 Å². The number of nitro groups is 1. The highest BCUT2D eigenvalue weighted by molar-refractivity contribution is 7.99. The summed E-state index contributed by atoms with van der Waals surface area (Å²) < 4.78 is 32.3. The fourth-order valence-corrected chi connectivity index (χ4v) is 5.10. The molecule has 0 atom stereocenters. The molecule has 1 heterocycles. The van der Waals surface area contributed by atoms with Gasteiger partial charge in [0, 0.05) is 25.2 Å². The molecule has 3 aromatic rings. The molecule has 13 heteroatoms. The van der Waals surface area contributed by atoms with Gasteiger partial charge in [-0.05, 0) is 24.3 Å². The normalized spacial score (nSPS) is 11.5. The Labute approximate surface area is 193 Å². The van der Waals surface area contributed by atoms with Crippen molar-refractivity contribution in [3.8, 4) is 6.07 Å². The average Bonchev–Trinajstić information content (AvgIpc) is 3.20. The lowest BCUT2D eigenvalue weighted by molar-refractivity contribution is -0.384. The van der Waals surface area contributed by atoms with Crippen LogP contribution >= 0.6 is 11.8 Å². The number of nitro benzene ring substituents is 1. The molecule has 33 heavy (non-hydrogen) atoms. The zero-order chi connectivity index (χ0) is 24.2. The second-order valence-electron chi connectivity index (χ2n) is 6.63. The topological polar surface area (TPSA) is 159 Å². The standard InChI is InChI=1S/C20H19N5O6S2/c1-3-24(4-2)33(29,30)15-6-8-18-17(10-15)23-20(31-18)32-12-19(26)22-16-7-5-14(25(27)28)9-13(16)11-21/h5-10H,3-4,12H2,1-2H3,(H,22,26). The number of hydrogen-bond acceptors (Lipinski definition) is 9. The summed E-state index contributed by atoms with van der Waals surface area (Å²) in [5.74, 6) is -0.586. The molecular weight excluding hydrogens is 470 g/mol. The predicted octanol–water partition coefficient (Wildman–Crippen LogP) is 3.37. The summed E-state index contributed by atoms with van der Waals surface area (Å²) in [7, 11) is -3.65. The van der Waals surface area contributed by atoms with Crippen molar-refractivity contribution in [1.29, 1.82) is 5.26 Å². The number of carbonyl (C=O) groups excluding carboxylic acids is 1. The summed E-state index contributed by atoms with van der Waals surface area (Å²) >= 11 is 0.983. The Morgan fingerprint density at radius 3 is 2.64 bits per heavy atom. The first-order chi connectivity index (χ1) is 15.7. The van der Waals surface area contributed by atoms with Crippen LogP contribution in [-0.2, 0) is 14.8 Å². The maximum atomic E-state index is 12.7. The minimum Gasteiger partial charge on any atom is -0.431 e. The molecule has 1 amide bonds. The molecular formula is C20H19N5O6S2. The number of hydrogen-bond donors (Lipinski definition) is 1. The highest BCUT2D eigenvalue weighted by Gasteiger charge is 2.23. The van der Waals surface area contributed by atoms with Crippen LogP contribution in [0.3, 0.4) is 0 Å². The summed E-state index contributed by atoms with van der Waals surface area (Å²) in [6, 6.07) is 9.75. The lowest BCUT2D eigenvalue weighted by Crippen LogP contribution is -2.30. The van der Waals surface area contributed by atoms with Crippen molar-refractivity contribution in [3.63, 3.8) is 0 Å². The number of amides is 1. The van der Waals surface area contributed by atoms with Crippen LogP contribution in [-0.4, -0.2) is 47.4 Å². The quantitative estimate of drug-likeness (QED) is 0.270. The van der Waals surface area contributed by atoms with E-state index in [4.69, 9.17) is 4.42 Å². The molecule has 172 valence electrons. The predicted molar refractivity (Wildman–Crippen MR) is 121 cm³/mol. The highest BCUT2D eigenvalue weighted by atomic mass is 32.2. The van der Waals surface area contributed by atoms with Crippen molar-refractivity contribution in [1.82, 2.24) is 9.29 Å². The second-order valence-corrected chi connectivity index (χ2v) is 9.50. The van der Waals surface area contributed by atoms with E-state index >= 15 is 0 Å². The zero-order valence-electron chi connectivity index (χ0n) is 17.6. The van der Waals surface area contributed by atoms with Crippen molar-refractivity contribution in [2.24, 2.45) is 0 Å². The van der Waals surface area contributed by atoms with Crippen molar-refractivity contribution in [2.75, 3.05) is 24.2 Å². The van der Waals surface area contributed by atoms with E-state index in [0.717, 1.165) is 17.8 Å². The number of benzene rings is 2. The van der Waals surface area contributed by atoms with Gasteiger partial charge in [-0.15, -0.1) is 0 Å². The first-order valence-electron chi connectivity index (χ1n) is 9.71. The van der Waals surface area contributed by atoms with Gasteiger partial charge in [-0.25, -0.2) is 13.4 Å². The molecule has 11 nitrogen and oxygen atoms in total. The van der Waals surface area contributed by atoms with Gasteiger partial charge in [0.2, 0.25) is 15.9 Å². The second kappa shape index (κ2) is 9.99. The van der Waals surface area contributed by atoms with Gasteiger partial charge in [0.1, 0.15) is 11.6 Å². The Bertz CT molecular complexity index is 1360. The lowest BCUT2D eigenvalue weighted by Gasteiger charge is -2.18. The molecule has 1 N–H and O–H groups in total. The highest BCUT2D eigenvalue weighted by Crippen LogP contribution is 2.27. The molecule has 0 saturated carbocycles. The molecule has 0 bridgehead atoms. The molecule has 0 radical (unpaired) electrons. The van der Waals surface area contributed by atoms with E-state index in [2.05, 4.69) is 10.3 Å². The summed E-state index contributed by atoms with van der Waals surface area (Å²) in [6.45, 7) is 4.19. The number of carbonyl (C=O) groups is 1. The Morgan fingerprint density at radius 1 is 1.27 bits per heavy atom. The summed E-state index contributed by atoms with van der Waals surface area (Å²) in [6.07, 6.45) is 0. The first-order valence-corrected chi connectivity index (χ1v) is 12.1. The number of nitrogens with one attached hydrogen (secondary N) is 1. The molecule has 2 aromatic carbocycles. The number of oxazole rings is 1. The van der Waals surface area contributed by atoms with E-state index < -0.39 is 20.9 Å². The third-order valence-corrected chi connectivity index (χ3v) is 7.49. The molecule has 0 unspecified atom stereocenters. The number of fused-ring (bicyclic) bond motifs is 1. The van der Waals surface area contributed by atoms with E-state index in [9.17, 15) is 28.6 Å². The fourth-order valence-electron chi connectivity index (χ4n) is 2.98. The Balaban J connectivity index is 1.71. The van der Waals surface area contributed by atoms with Gasteiger partial charge in [-0.1, -0.05) is 25.6 Å². The van der Waals surface area contributed by atoms with Gasteiger partial charge >= 0.3 is 0 Å². The number of thioether (sulfide) groups is 1. The van der Waals surface area contributed by atoms with Gasteiger partial charge in [-0.3, -0.25) is 14.9 Å². The number of sulfonamides is 1. The monoisotopic (exact) mass is 489 g/mol. The van der Waals surface area contributed by atoms with Crippen molar-refractivity contribution < 1.29 is 22.6 Å². The lowest BCUT2D eigenvalue weighted by atomic mass is 10.1. The number of nitrogens with zero attached hydrogens (tertiary/aromatic N) is 4. The summed E-state index contributed by atoms with van der Waals surface area (Å²) in [4.78, 5) is 26.8. The van der Waals surface area contributed by atoms with Gasteiger partial charge in [-0.2, -0.15) is 9.57 Å². The molecule has 0 fully saturated rings. The molecule has 3 rings (SSSR count). The van der Waals surface area contributed by atoms with Crippen LogP contribution in [0.5, 0.6) is 0 Å². The zero-order valence-corrected chi connectivity index (χ0v) is 19.3. The van der Waals surface area contributed by atoms with Gasteiger partial charge in [0.15, 0.2) is 5.58 Å². The SMILES string of the molecule is CCN(CC)S(=O)(=O)c1ccc2oc(SCC(=O)Nc3ccc([N+](=O)[O-])cc3C#N)nc2c1. The number of rotatable bonds is 9. The van der Waals surface area contributed by atoms with E-state index in [0.29, 0.717) is 24.2 Å². The maximum absolute atomic E-state index is 12.7. The molecule has 0 saturated heterocycles. The number of non-ortho nitro benzene ring substituents is 1. The molecule has 0 aliphatic carbocycles. The van der Waals surface area contributed by atoms with Crippen LogP contribution in [0.15, 0.2) is 50.9 Å². The van der Waals surface area contributed by atoms with E-state index in [1.165, 1.54) is 34.6 Å². The third kappa shape index (κ3) is 5.30. The Morgan fingerprint density at radius 2 is 2.00 bits per heavy atom. The van der Waals surface area contributed by atoms with Crippen LogP contribution in [0.2, 0.25) is 0 Å². The van der Waals surface area contributed by atoms with Gasteiger partial charge in [0.25, 0.3) is 10.9 Å². The maximum Gasteiger partial charge on any atom is 0.270 e. The largest absolute Gasteiger partial charge is 0.431 e. The van der Waals surface area contributed by atoms with Crippen molar-refractivity contribution in [2.45, 2.75) is 24.0 Å². The third-order valence-electron chi connectivity index (χ3n) is 4.62. The molecule has 0 aliphatic heterocycles. The van der Waals surface area contributed by atoms with Gasteiger partial charge < -0.3 is 9.73 Å². The van der Waals surface area contributed by atoms with Crippen LogP contribution < -0.4 is 5.32 Å². The molecule has 0 aliphatic rings. The van der Waals surface area contributed by atoms with E-state index in [-0.39, 0.29) is 32.8 Å². The average molecular weight is 490 g/mol. The smallest absolute Gasteiger partial charge is 0.270 e. The Kier molecular flexibility index (Phi) is 7.32.